The van der Waals surface area contributed by atoms with Crippen LogP contribution in [0.1, 0.15) is 10.4 Å². The normalized spacial score (nSPS) is 10.5. The molecule has 0 spiro atoms. The van der Waals surface area contributed by atoms with Gasteiger partial charge in [0.1, 0.15) is 5.75 Å². The highest BCUT2D eigenvalue weighted by Crippen LogP contribution is 2.28. The Balaban J connectivity index is 2.69. The second kappa shape index (κ2) is 4.85. The van der Waals surface area contributed by atoms with Gasteiger partial charge in [-0.05, 0) is 35.0 Å². The van der Waals surface area contributed by atoms with E-state index in [1.807, 2.05) is 30.3 Å². The van der Waals surface area contributed by atoms with E-state index in [1.165, 1.54) is 0 Å². The zero-order chi connectivity index (χ0) is 12.4. The van der Waals surface area contributed by atoms with E-state index in [0.717, 1.165) is 15.2 Å². The molecule has 0 aliphatic rings. The maximum absolute atomic E-state index is 11.7. The molecular formula is C13H12BrNO2. The SMILES string of the molecule is COc1cc2ccc(Br)cc2cc1C(=O)CN. The number of halogens is 1. The van der Waals surface area contributed by atoms with Gasteiger partial charge in [-0.3, -0.25) is 4.79 Å². The first-order valence-corrected chi connectivity index (χ1v) is 5.95. The van der Waals surface area contributed by atoms with Crippen LogP contribution in [0.4, 0.5) is 0 Å². The highest BCUT2D eigenvalue weighted by Gasteiger charge is 2.12. The molecule has 0 aliphatic heterocycles. The summed E-state index contributed by atoms with van der Waals surface area (Å²) >= 11 is 3.41. The van der Waals surface area contributed by atoms with Crippen molar-refractivity contribution in [3.8, 4) is 5.75 Å². The van der Waals surface area contributed by atoms with Crippen molar-refractivity contribution in [1.82, 2.24) is 0 Å². The first-order valence-electron chi connectivity index (χ1n) is 5.16. The minimum absolute atomic E-state index is 0.0180. The molecule has 2 N–H and O–H groups in total. The largest absolute Gasteiger partial charge is 0.496 e. The molecule has 0 saturated heterocycles. The van der Waals surface area contributed by atoms with E-state index in [2.05, 4.69) is 15.9 Å². The van der Waals surface area contributed by atoms with E-state index < -0.39 is 0 Å². The minimum atomic E-state index is -0.122. The van der Waals surface area contributed by atoms with Crippen LogP contribution in [-0.2, 0) is 0 Å². The van der Waals surface area contributed by atoms with Crippen molar-refractivity contribution in [3.05, 3.63) is 40.4 Å². The number of hydrogen-bond donors (Lipinski definition) is 1. The van der Waals surface area contributed by atoms with E-state index in [9.17, 15) is 4.79 Å². The molecule has 2 aromatic carbocycles. The molecule has 0 radical (unpaired) electrons. The number of carbonyl (C=O) groups excluding carboxylic acids is 1. The fraction of sp³-hybridized carbons (Fsp3) is 0.154. The van der Waals surface area contributed by atoms with Gasteiger partial charge in [0, 0.05) is 4.47 Å². The zero-order valence-electron chi connectivity index (χ0n) is 9.37. The second-order valence-corrected chi connectivity index (χ2v) is 4.59. The lowest BCUT2D eigenvalue weighted by Gasteiger charge is -2.09. The third kappa shape index (κ3) is 2.33. The molecule has 4 heteroatoms. The molecule has 88 valence electrons. The maximum atomic E-state index is 11.7. The number of ketones is 1. The fourth-order valence-electron chi connectivity index (χ4n) is 1.74. The van der Waals surface area contributed by atoms with Crippen molar-refractivity contribution in [2.75, 3.05) is 13.7 Å². The van der Waals surface area contributed by atoms with Crippen molar-refractivity contribution in [1.29, 1.82) is 0 Å². The van der Waals surface area contributed by atoms with Crippen molar-refractivity contribution >= 4 is 32.5 Å². The Hall–Kier alpha value is -1.39. The molecule has 0 aromatic heterocycles. The lowest BCUT2D eigenvalue weighted by Crippen LogP contribution is -2.14. The standard InChI is InChI=1S/C13H12BrNO2/c1-17-13-6-8-2-3-10(14)4-9(8)5-11(13)12(16)7-15/h2-6H,7,15H2,1H3. The van der Waals surface area contributed by atoms with Gasteiger partial charge < -0.3 is 10.5 Å². The summed E-state index contributed by atoms with van der Waals surface area (Å²) in [4.78, 5) is 11.7. The monoisotopic (exact) mass is 293 g/mol. The molecule has 0 amide bonds. The molecule has 0 aliphatic carbocycles. The van der Waals surface area contributed by atoms with Gasteiger partial charge in [0.25, 0.3) is 0 Å². The van der Waals surface area contributed by atoms with Gasteiger partial charge in [0.05, 0.1) is 19.2 Å². The lowest BCUT2D eigenvalue weighted by atomic mass is 10.0. The van der Waals surface area contributed by atoms with Crippen LogP contribution < -0.4 is 10.5 Å². The zero-order valence-corrected chi connectivity index (χ0v) is 11.0. The average molecular weight is 294 g/mol. The van der Waals surface area contributed by atoms with Crippen molar-refractivity contribution in [2.45, 2.75) is 0 Å². The lowest BCUT2D eigenvalue weighted by molar-refractivity contribution is 0.0998. The van der Waals surface area contributed by atoms with Crippen molar-refractivity contribution in [3.63, 3.8) is 0 Å². The summed E-state index contributed by atoms with van der Waals surface area (Å²) in [5, 5.41) is 2.01. The number of nitrogens with two attached hydrogens (primary N) is 1. The Labute approximate surface area is 108 Å². The van der Waals surface area contributed by atoms with Crippen LogP contribution in [0.3, 0.4) is 0 Å². The van der Waals surface area contributed by atoms with Crippen LogP contribution in [-0.4, -0.2) is 19.4 Å². The second-order valence-electron chi connectivity index (χ2n) is 3.67. The Morgan fingerprint density at radius 2 is 2.06 bits per heavy atom. The molecule has 2 aromatic rings. The van der Waals surface area contributed by atoms with E-state index in [-0.39, 0.29) is 12.3 Å². The highest BCUT2D eigenvalue weighted by molar-refractivity contribution is 9.10. The number of carbonyl (C=O) groups is 1. The fourth-order valence-corrected chi connectivity index (χ4v) is 2.12. The number of hydrogen-bond acceptors (Lipinski definition) is 3. The van der Waals surface area contributed by atoms with Gasteiger partial charge in [-0.1, -0.05) is 22.0 Å². The summed E-state index contributed by atoms with van der Waals surface area (Å²) in [6.07, 6.45) is 0. The molecule has 3 nitrogen and oxygen atoms in total. The third-order valence-electron chi connectivity index (χ3n) is 2.61. The van der Waals surface area contributed by atoms with Gasteiger partial charge in [-0.25, -0.2) is 0 Å². The summed E-state index contributed by atoms with van der Waals surface area (Å²) in [5.74, 6) is 0.444. The van der Waals surface area contributed by atoms with E-state index in [4.69, 9.17) is 10.5 Å². The smallest absolute Gasteiger partial charge is 0.180 e. The van der Waals surface area contributed by atoms with E-state index in [0.29, 0.717) is 11.3 Å². The number of benzene rings is 2. The maximum Gasteiger partial charge on any atom is 0.180 e. The predicted octanol–water partition coefficient (Wildman–Crippen LogP) is 2.75. The first-order chi connectivity index (χ1) is 8.15. The molecule has 0 heterocycles. The molecule has 0 bridgehead atoms. The summed E-state index contributed by atoms with van der Waals surface area (Å²) in [6.45, 7) is -0.0180. The predicted molar refractivity (Wildman–Crippen MR) is 71.6 cm³/mol. The number of methoxy groups -OCH3 is 1. The summed E-state index contributed by atoms with van der Waals surface area (Å²) in [6, 6.07) is 9.55. The summed E-state index contributed by atoms with van der Waals surface area (Å²) in [7, 11) is 1.55. The van der Waals surface area contributed by atoms with Gasteiger partial charge in [-0.15, -0.1) is 0 Å². The van der Waals surface area contributed by atoms with Crippen LogP contribution >= 0.6 is 15.9 Å². The first kappa shape index (κ1) is 12.1. The van der Waals surface area contributed by atoms with Gasteiger partial charge in [0.2, 0.25) is 0 Å². The van der Waals surface area contributed by atoms with Crippen LogP contribution in [0.25, 0.3) is 10.8 Å². The van der Waals surface area contributed by atoms with Crippen LogP contribution in [0.2, 0.25) is 0 Å². The Kier molecular flexibility index (Phi) is 3.45. The quantitative estimate of drug-likeness (QED) is 0.886. The molecule has 17 heavy (non-hydrogen) atoms. The van der Waals surface area contributed by atoms with Crippen molar-refractivity contribution < 1.29 is 9.53 Å². The molecule has 0 unspecified atom stereocenters. The molecule has 2 rings (SSSR count). The number of ether oxygens (including phenoxy) is 1. The van der Waals surface area contributed by atoms with Gasteiger partial charge in [0.15, 0.2) is 5.78 Å². The third-order valence-corrected chi connectivity index (χ3v) is 3.10. The van der Waals surface area contributed by atoms with Gasteiger partial charge >= 0.3 is 0 Å². The Morgan fingerprint density at radius 1 is 1.29 bits per heavy atom. The topological polar surface area (TPSA) is 52.3 Å². The van der Waals surface area contributed by atoms with E-state index >= 15 is 0 Å². The average Bonchev–Trinajstić information content (AvgIpc) is 2.36. The Morgan fingerprint density at radius 3 is 2.71 bits per heavy atom. The van der Waals surface area contributed by atoms with Crippen LogP contribution in [0.5, 0.6) is 5.75 Å². The molecule has 0 atom stereocenters. The number of fused-ring (bicyclic) bond motifs is 1. The minimum Gasteiger partial charge on any atom is -0.496 e. The molecular weight excluding hydrogens is 282 g/mol. The van der Waals surface area contributed by atoms with Crippen molar-refractivity contribution in [2.24, 2.45) is 5.73 Å². The Bertz CT molecular complexity index is 581. The van der Waals surface area contributed by atoms with Crippen LogP contribution in [0, 0.1) is 0 Å². The molecule has 0 fully saturated rings. The highest BCUT2D eigenvalue weighted by atomic mass is 79.9. The number of rotatable bonds is 3. The summed E-state index contributed by atoms with van der Waals surface area (Å²) < 4.78 is 6.19. The summed E-state index contributed by atoms with van der Waals surface area (Å²) in [5.41, 5.74) is 5.92. The molecule has 0 saturated carbocycles. The van der Waals surface area contributed by atoms with E-state index in [1.54, 1.807) is 7.11 Å². The van der Waals surface area contributed by atoms with Crippen LogP contribution in [0.15, 0.2) is 34.8 Å². The van der Waals surface area contributed by atoms with Gasteiger partial charge in [-0.2, -0.15) is 0 Å². The number of Topliss-reactive ketones (excluding diaryl/α,β-unsaturated/α-hetero) is 1.